The number of rotatable bonds is 2. The van der Waals surface area contributed by atoms with Crippen LogP contribution in [0.1, 0.15) is 12.8 Å². The third-order valence-electron chi connectivity index (χ3n) is 2.95. The minimum atomic E-state index is 0.138. The SMILES string of the molecule is CN1CCN(C2CC2)CC1C=O. The smallest absolute Gasteiger partial charge is 0.138 e. The van der Waals surface area contributed by atoms with E-state index in [-0.39, 0.29) is 6.04 Å². The minimum Gasteiger partial charge on any atom is -0.302 e. The van der Waals surface area contributed by atoms with Gasteiger partial charge in [0.2, 0.25) is 0 Å². The molecule has 0 N–H and O–H groups in total. The molecule has 0 aromatic rings. The molecule has 1 aliphatic carbocycles. The second-order valence-corrected chi connectivity index (χ2v) is 3.91. The summed E-state index contributed by atoms with van der Waals surface area (Å²) in [6.45, 7) is 3.14. The lowest BCUT2D eigenvalue weighted by atomic mass is 10.2. The van der Waals surface area contributed by atoms with Gasteiger partial charge in [0.15, 0.2) is 0 Å². The number of carbonyl (C=O) groups is 1. The Bertz CT molecular complexity index is 179. The Labute approximate surface area is 73.3 Å². The fourth-order valence-corrected chi connectivity index (χ4v) is 1.84. The van der Waals surface area contributed by atoms with Gasteiger partial charge in [0.05, 0.1) is 6.04 Å². The Kier molecular flexibility index (Phi) is 2.15. The van der Waals surface area contributed by atoms with E-state index in [0.717, 1.165) is 32.0 Å². The quantitative estimate of drug-likeness (QED) is 0.541. The van der Waals surface area contributed by atoms with Crippen LogP contribution in [0.2, 0.25) is 0 Å². The summed E-state index contributed by atoms with van der Waals surface area (Å²) < 4.78 is 0. The maximum Gasteiger partial charge on any atom is 0.138 e. The summed E-state index contributed by atoms with van der Waals surface area (Å²) in [6, 6.07) is 0.945. The van der Waals surface area contributed by atoms with Crippen LogP contribution >= 0.6 is 0 Å². The zero-order chi connectivity index (χ0) is 8.55. The van der Waals surface area contributed by atoms with Crippen LogP contribution in [-0.2, 0) is 4.79 Å². The first-order valence-electron chi connectivity index (χ1n) is 4.71. The van der Waals surface area contributed by atoms with Crippen LogP contribution < -0.4 is 0 Å². The summed E-state index contributed by atoms with van der Waals surface area (Å²) in [4.78, 5) is 15.3. The van der Waals surface area contributed by atoms with Crippen molar-refractivity contribution < 1.29 is 4.79 Å². The Morgan fingerprint density at radius 1 is 1.33 bits per heavy atom. The van der Waals surface area contributed by atoms with Crippen molar-refractivity contribution in [1.82, 2.24) is 9.80 Å². The Hall–Kier alpha value is -0.410. The molecule has 1 saturated heterocycles. The van der Waals surface area contributed by atoms with E-state index in [1.807, 2.05) is 7.05 Å². The number of nitrogens with zero attached hydrogens (tertiary/aromatic N) is 2. The summed E-state index contributed by atoms with van der Waals surface area (Å²) in [5.74, 6) is 0. The molecule has 12 heavy (non-hydrogen) atoms. The molecule has 3 nitrogen and oxygen atoms in total. The van der Waals surface area contributed by atoms with Gasteiger partial charge in [-0.1, -0.05) is 0 Å². The van der Waals surface area contributed by atoms with Gasteiger partial charge in [0.1, 0.15) is 6.29 Å². The highest BCUT2D eigenvalue weighted by Gasteiger charge is 2.33. The van der Waals surface area contributed by atoms with Crippen LogP contribution in [0.3, 0.4) is 0 Å². The van der Waals surface area contributed by atoms with Crippen LogP contribution in [0.25, 0.3) is 0 Å². The van der Waals surface area contributed by atoms with Gasteiger partial charge in [-0.15, -0.1) is 0 Å². The average molecular weight is 168 g/mol. The van der Waals surface area contributed by atoms with Crippen molar-refractivity contribution in [3.63, 3.8) is 0 Å². The van der Waals surface area contributed by atoms with Crippen molar-refractivity contribution in [2.45, 2.75) is 24.9 Å². The van der Waals surface area contributed by atoms with Gasteiger partial charge >= 0.3 is 0 Å². The fraction of sp³-hybridized carbons (Fsp3) is 0.889. The van der Waals surface area contributed by atoms with Gasteiger partial charge in [-0.2, -0.15) is 0 Å². The Balaban J connectivity index is 1.91. The van der Waals surface area contributed by atoms with Crippen molar-refractivity contribution >= 4 is 6.29 Å². The summed E-state index contributed by atoms with van der Waals surface area (Å²) in [7, 11) is 2.03. The lowest BCUT2D eigenvalue weighted by Crippen LogP contribution is -2.52. The van der Waals surface area contributed by atoms with Gasteiger partial charge in [0.25, 0.3) is 0 Å². The molecule has 0 spiro atoms. The first-order chi connectivity index (χ1) is 5.81. The molecule has 1 unspecified atom stereocenters. The molecule has 2 rings (SSSR count). The normalized spacial score (nSPS) is 33.6. The molecule has 3 heteroatoms. The molecule has 0 amide bonds. The summed E-state index contributed by atoms with van der Waals surface area (Å²) in [6.07, 6.45) is 3.76. The van der Waals surface area contributed by atoms with E-state index in [1.165, 1.54) is 12.8 Å². The van der Waals surface area contributed by atoms with E-state index in [0.29, 0.717) is 0 Å². The van der Waals surface area contributed by atoms with Gasteiger partial charge in [0, 0.05) is 25.7 Å². The van der Waals surface area contributed by atoms with E-state index >= 15 is 0 Å². The highest BCUT2D eigenvalue weighted by atomic mass is 16.1. The molecule has 1 atom stereocenters. The highest BCUT2D eigenvalue weighted by Crippen LogP contribution is 2.28. The van der Waals surface area contributed by atoms with Crippen LogP contribution in [-0.4, -0.2) is 54.9 Å². The second kappa shape index (κ2) is 3.15. The van der Waals surface area contributed by atoms with E-state index in [4.69, 9.17) is 0 Å². The molecule has 1 heterocycles. The van der Waals surface area contributed by atoms with E-state index in [1.54, 1.807) is 0 Å². The molecule has 1 saturated carbocycles. The average Bonchev–Trinajstić information content (AvgIpc) is 2.88. The summed E-state index contributed by atoms with van der Waals surface area (Å²) in [5.41, 5.74) is 0. The van der Waals surface area contributed by atoms with Gasteiger partial charge in [-0.25, -0.2) is 0 Å². The molecule has 0 aromatic heterocycles. The number of likely N-dealkylation sites (N-methyl/N-ethyl adjacent to an activating group) is 1. The molecular weight excluding hydrogens is 152 g/mol. The third-order valence-corrected chi connectivity index (χ3v) is 2.95. The second-order valence-electron chi connectivity index (χ2n) is 3.91. The maximum atomic E-state index is 10.7. The minimum absolute atomic E-state index is 0.138. The molecule has 68 valence electrons. The molecule has 2 aliphatic rings. The Morgan fingerprint density at radius 3 is 2.67 bits per heavy atom. The van der Waals surface area contributed by atoms with E-state index in [9.17, 15) is 4.79 Å². The number of piperazine rings is 1. The Morgan fingerprint density at radius 2 is 2.08 bits per heavy atom. The topological polar surface area (TPSA) is 23.6 Å². The van der Waals surface area contributed by atoms with Gasteiger partial charge in [-0.05, 0) is 19.9 Å². The van der Waals surface area contributed by atoms with Crippen LogP contribution in [0.15, 0.2) is 0 Å². The van der Waals surface area contributed by atoms with Crippen molar-refractivity contribution in [1.29, 1.82) is 0 Å². The van der Waals surface area contributed by atoms with Crippen molar-refractivity contribution in [2.75, 3.05) is 26.7 Å². The predicted octanol–water partition coefficient (Wildman–Crippen LogP) is -0.0363. The maximum absolute atomic E-state index is 10.7. The van der Waals surface area contributed by atoms with Crippen LogP contribution in [0.5, 0.6) is 0 Å². The number of hydrogen-bond donors (Lipinski definition) is 0. The van der Waals surface area contributed by atoms with Gasteiger partial charge in [-0.3, -0.25) is 9.80 Å². The molecule has 1 aliphatic heterocycles. The van der Waals surface area contributed by atoms with E-state index in [2.05, 4.69) is 9.80 Å². The highest BCUT2D eigenvalue weighted by molar-refractivity contribution is 5.58. The number of carbonyl (C=O) groups excluding carboxylic acids is 1. The third kappa shape index (κ3) is 1.52. The lowest BCUT2D eigenvalue weighted by molar-refractivity contribution is -0.114. The molecule has 0 aromatic carbocycles. The molecular formula is C9H16N2O. The zero-order valence-electron chi connectivity index (χ0n) is 7.57. The van der Waals surface area contributed by atoms with E-state index < -0.39 is 0 Å². The number of aldehydes is 1. The molecule has 0 radical (unpaired) electrons. The summed E-state index contributed by atoms with van der Waals surface area (Å²) >= 11 is 0. The number of hydrogen-bond acceptors (Lipinski definition) is 3. The van der Waals surface area contributed by atoms with Crippen molar-refractivity contribution in [2.24, 2.45) is 0 Å². The first kappa shape index (κ1) is 8.20. The van der Waals surface area contributed by atoms with Crippen LogP contribution in [0, 0.1) is 0 Å². The van der Waals surface area contributed by atoms with Crippen molar-refractivity contribution in [3.8, 4) is 0 Å². The molecule has 2 fully saturated rings. The summed E-state index contributed by atoms with van der Waals surface area (Å²) in [5, 5.41) is 0. The van der Waals surface area contributed by atoms with Crippen molar-refractivity contribution in [3.05, 3.63) is 0 Å². The first-order valence-corrected chi connectivity index (χ1v) is 4.71. The van der Waals surface area contributed by atoms with Crippen LogP contribution in [0.4, 0.5) is 0 Å². The largest absolute Gasteiger partial charge is 0.302 e. The standard InChI is InChI=1S/C9H16N2O/c1-10-4-5-11(8-2-3-8)6-9(10)7-12/h7-9H,2-6H2,1H3. The fourth-order valence-electron chi connectivity index (χ4n) is 1.84. The molecule has 0 bridgehead atoms. The lowest BCUT2D eigenvalue weighted by Gasteiger charge is -2.36. The zero-order valence-corrected chi connectivity index (χ0v) is 7.57. The monoisotopic (exact) mass is 168 g/mol. The predicted molar refractivity (Wildman–Crippen MR) is 47.1 cm³/mol. The van der Waals surface area contributed by atoms with Gasteiger partial charge < -0.3 is 4.79 Å².